The van der Waals surface area contributed by atoms with Crippen molar-refractivity contribution in [3.8, 4) is 0 Å². The fourth-order valence-corrected chi connectivity index (χ4v) is 2.43. The summed E-state index contributed by atoms with van der Waals surface area (Å²) in [5.74, 6) is -0.0630. The van der Waals surface area contributed by atoms with Crippen LogP contribution in [0.2, 0.25) is 0 Å². The lowest BCUT2D eigenvalue weighted by Crippen LogP contribution is -2.38. The van der Waals surface area contributed by atoms with Gasteiger partial charge in [-0.2, -0.15) is 5.10 Å². The van der Waals surface area contributed by atoms with Crippen molar-refractivity contribution >= 4 is 17.7 Å². The van der Waals surface area contributed by atoms with Crippen LogP contribution in [0.3, 0.4) is 0 Å². The monoisotopic (exact) mass is 294 g/mol. The molecule has 1 aromatic heterocycles. The Kier molecular flexibility index (Phi) is 4.50. The summed E-state index contributed by atoms with van der Waals surface area (Å²) in [4.78, 5) is 24.0. The summed E-state index contributed by atoms with van der Waals surface area (Å²) in [5, 5.41) is 10.2. The predicted octanol–water partition coefficient (Wildman–Crippen LogP) is 1.19. The summed E-state index contributed by atoms with van der Waals surface area (Å²) in [7, 11) is 0. The van der Waals surface area contributed by atoms with Crippen molar-refractivity contribution in [3.05, 3.63) is 11.8 Å². The quantitative estimate of drug-likeness (QED) is 0.815. The van der Waals surface area contributed by atoms with E-state index in [4.69, 9.17) is 4.74 Å². The number of nitrogens with one attached hydrogen (secondary N) is 2. The predicted molar refractivity (Wildman–Crippen MR) is 78.2 cm³/mol. The third-order valence-corrected chi connectivity index (χ3v) is 3.51. The molecule has 0 saturated heterocycles. The van der Waals surface area contributed by atoms with Crippen LogP contribution in [0.1, 0.15) is 44.1 Å². The normalized spacial score (nSPS) is 20.6. The zero-order valence-electron chi connectivity index (χ0n) is 12.8. The van der Waals surface area contributed by atoms with Crippen molar-refractivity contribution in [1.29, 1.82) is 0 Å². The second-order valence-electron chi connectivity index (χ2n) is 5.46. The topological polar surface area (TPSA) is 85.2 Å². The zero-order chi connectivity index (χ0) is 15.6. The molecule has 2 N–H and O–H groups in total. The summed E-state index contributed by atoms with van der Waals surface area (Å²) in [5.41, 5.74) is 0.498. The lowest BCUT2D eigenvalue weighted by molar-refractivity contribution is -0.149. The first-order chi connectivity index (χ1) is 9.95. The van der Waals surface area contributed by atoms with Crippen LogP contribution in [0.5, 0.6) is 0 Å². The number of carbonyl (C=O) groups excluding carboxylic acids is 2. The van der Waals surface area contributed by atoms with Crippen molar-refractivity contribution < 1.29 is 14.3 Å². The van der Waals surface area contributed by atoms with E-state index < -0.39 is 0 Å². The number of amides is 1. The highest BCUT2D eigenvalue weighted by molar-refractivity contribution is 5.99. The summed E-state index contributed by atoms with van der Waals surface area (Å²) in [6, 6.07) is -0.0951. The molecule has 0 aliphatic carbocycles. The van der Waals surface area contributed by atoms with Crippen molar-refractivity contribution in [2.24, 2.45) is 5.92 Å². The van der Waals surface area contributed by atoms with Gasteiger partial charge in [-0.05, 0) is 27.7 Å². The zero-order valence-corrected chi connectivity index (χ0v) is 12.8. The molecule has 0 spiro atoms. The Hall–Kier alpha value is -2.05. The fourth-order valence-electron chi connectivity index (χ4n) is 2.43. The molecule has 2 atom stereocenters. The van der Waals surface area contributed by atoms with Crippen LogP contribution in [0.15, 0.2) is 6.20 Å². The molecule has 2 unspecified atom stereocenters. The molecule has 0 fully saturated rings. The molecule has 1 aliphatic rings. The Labute approximate surface area is 124 Å². The molecule has 21 heavy (non-hydrogen) atoms. The fraction of sp³-hybridized carbons (Fsp3) is 0.643. The molecule has 0 saturated carbocycles. The smallest absolute Gasteiger partial charge is 0.312 e. The molecule has 0 radical (unpaired) electrons. The molecular formula is C14H22N4O3. The average molecular weight is 294 g/mol. The highest BCUT2D eigenvalue weighted by Crippen LogP contribution is 2.30. The van der Waals surface area contributed by atoms with Crippen LogP contribution in [0, 0.1) is 5.92 Å². The van der Waals surface area contributed by atoms with Gasteiger partial charge in [-0.3, -0.25) is 9.59 Å². The van der Waals surface area contributed by atoms with Gasteiger partial charge in [0.1, 0.15) is 11.4 Å². The molecule has 116 valence electrons. The number of anilines is 1. The Bertz CT molecular complexity index is 538. The number of ether oxygens (including phenoxy) is 1. The van der Waals surface area contributed by atoms with Crippen LogP contribution >= 0.6 is 0 Å². The van der Waals surface area contributed by atoms with Gasteiger partial charge in [-0.1, -0.05) is 0 Å². The van der Waals surface area contributed by atoms with E-state index in [1.165, 1.54) is 6.20 Å². The largest absolute Gasteiger partial charge is 0.466 e. The first kappa shape index (κ1) is 15.3. The number of aromatic nitrogens is 2. The first-order valence-electron chi connectivity index (χ1n) is 7.24. The van der Waals surface area contributed by atoms with Crippen LogP contribution in [-0.2, 0) is 9.53 Å². The SMILES string of the molecule is CCOC(=O)C1CNc2c(C(=O)NC(C)C)cnn2C1C. The molecule has 1 aromatic rings. The third-order valence-electron chi connectivity index (χ3n) is 3.51. The molecular weight excluding hydrogens is 272 g/mol. The minimum Gasteiger partial charge on any atom is -0.466 e. The van der Waals surface area contributed by atoms with Gasteiger partial charge in [0.25, 0.3) is 5.91 Å². The molecule has 2 heterocycles. The second-order valence-corrected chi connectivity index (χ2v) is 5.46. The number of rotatable bonds is 4. The van der Waals surface area contributed by atoms with Crippen molar-refractivity contribution in [1.82, 2.24) is 15.1 Å². The molecule has 1 amide bonds. The maximum Gasteiger partial charge on any atom is 0.312 e. The Morgan fingerprint density at radius 2 is 2.29 bits per heavy atom. The summed E-state index contributed by atoms with van der Waals surface area (Å²) < 4.78 is 6.76. The van der Waals surface area contributed by atoms with E-state index >= 15 is 0 Å². The molecule has 7 heteroatoms. The van der Waals surface area contributed by atoms with Crippen LogP contribution < -0.4 is 10.6 Å². The lowest BCUT2D eigenvalue weighted by Gasteiger charge is -2.30. The Morgan fingerprint density at radius 3 is 2.90 bits per heavy atom. The number of hydrogen-bond donors (Lipinski definition) is 2. The summed E-state index contributed by atoms with van der Waals surface area (Å²) in [6.45, 7) is 8.29. The van der Waals surface area contributed by atoms with Crippen molar-refractivity contribution in [2.75, 3.05) is 18.5 Å². The van der Waals surface area contributed by atoms with Gasteiger partial charge < -0.3 is 15.4 Å². The second kappa shape index (κ2) is 6.15. The summed E-state index contributed by atoms with van der Waals surface area (Å²) >= 11 is 0. The third kappa shape index (κ3) is 3.01. The number of nitrogens with zero attached hydrogens (tertiary/aromatic N) is 2. The molecule has 0 bridgehead atoms. The Morgan fingerprint density at radius 1 is 1.57 bits per heavy atom. The van der Waals surface area contributed by atoms with Gasteiger partial charge in [0.15, 0.2) is 0 Å². The number of esters is 1. The van der Waals surface area contributed by atoms with E-state index in [0.29, 0.717) is 24.5 Å². The Balaban J connectivity index is 2.21. The average Bonchev–Trinajstić information content (AvgIpc) is 2.83. The maximum atomic E-state index is 12.1. The molecule has 2 rings (SSSR count). The summed E-state index contributed by atoms with van der Waals surface area (Å²) in [6.07, 6.45) is 1.53. The highest BCUT2D eigenvalue weighted by atomic mass is 16.5. The van der Waals surface area contributed by atoms with Gasteiger partial charge in [0, 0.05) is 12.6 Å². The van der Waals surface area contributed by atoms with Crippen LogP contribution in [0.4, 0.5) is 5.82 Å². The number of hydrogen-bond acceptors (Lipinski definition) is 5. The van der Waals surface area contributed by atoms with E-state index in [1.807, 2.05) is 20.8 Å². The molecule has 0 aromatic carbocycles. The maximum absolute atomic E-state index is 12.1. The van der Waals surface area contributed by atoms with E-state index in [-0.39, 0.29) is 29.9 Å². The van der Waals surface area contributed by atoms with Gasteiger partial charge in [-0.25, -0.2) is 4.68 Å². The number of fused-ring (bicyclic) bond motifs is 1. The van der Waals surface area contributed by atoms with Gasteiger partial charge in [0.05, 0.1) is 24.8 Å². The highest BCUT2D eigenvalue weighted by Gasteiger charge is 2.35. The number of carbonyl (C=O) groups is 2. The minimum atomic E-state index is -0.307. The van der Waals surface area contributed by atoms with Crippen molar-refractivity contribution in [2.45, 2.75) is 39.8 Å². The van der Waals surface area contributed by atoms with E-state index in [9.17, 15) is 9.59 Å². The first-order valence-corrected chi connectivity index (χ1v) is 7.24. The van der Waals surface area contributed by atoms with Crippen LogP contribution in [-0.4, -0.2) is 40.9 Å². The standard InChI is InChI=1S/C14H22N4O3/c1-5-21-14(20)10-6-15-12-11(13(19)17-8(2)3)7-16-18(12)9(10)4/h7-10,15H,5-6H2,1-4H3,(H,17,19). The van der Waals surface area contributed by atoms with Gasteiger partial charge in [0.2, 0.25) is 0 Å². The molecule has 1 aliphatic heterocycles. The van der Waals surface area contributed by atoms with E-state index in [0.717, 1.165) is 0 Å². The van der Waals surface area contributed by atoms with Gasteiger partial charge in [-0.15, -0.1) is 0 Å². The van der Waals surface area contributed by atoms with Crippen LogP contribution in [0.25, 0.3) is 0 Å². The van der Waals surface area contributed by atoms with Gasteiger partial charge >= 0.3 is 5.97 Å². The van der Waals surface area contributed by atoms with E-state index in [2.05, 4.69) is 15.7 Å². The lowest BCUT2D eigenvalue weighted by atomic mass is 9.99. The van der Waals surface area contributed by atoms with E-state index in [1.54, 1.807) is 11.6 Å². The molecule has 7 nitrogen and oxygen atoms in total. The van der Waals surface area contributed by atoms with Crippen molar-refractivity contribution in [3.63, 3.8) is 0 Å². The minimum absolute atomic E-state index is 0.0568.